The van der Waals surface area contributed by atoms with Gasteiger partial charge < -0.3 is 10.6 Å². The third-order valence-corrected chi connectivity index (χ3v) is 4.62. The van der Waals surface area contributed by atoms with Gasteiger partial charge in [-0.25, -0.2) is 4.98 Å². The first-order valence-electron chi connectivity index (χ1n) is 6.06. The molecule has 2 unspecified atom stereocenters. The van der Waals surface area contributed by atoms with Crippen LogP contribution in [0.4, 0.5) is 5.13 Å². The SMILES string of the molecule is Cc1nc(N2C(C)CCCC2CN)sc1C. The molecular weight excluding hydrogens is 218 g/mol. The number of nitrogens with two attached hydrogens (primary N) is 1. The molecule has 16 heavy (non-hydrogen) atoms. The number of aryl methyl sites for hydroxylation is 2. The predicted octanol–water partition coefficient (Wildman–Crippen LogP) is 2.47. The standard InChI is InChI=1S/C12H21N3S/c1-8-5-4-6-11(7-13)15(8)12-14-9(2)10(3)16-12/h8,11H,4-7,13H2,1-3H3. The highest BCUT2D eigenvalue weighted by Crippen LogP contribution is 2.33. The quantitative estimate of drug-likeness (QED) is 0.862. The van der Waals surface area contributed by atoms with Gasteiger partial charge in [-0.05, 0) is 40.0 Å². The van der Waals surface area contributed by atoms with Crippen molar-refractivity contribution < 1.29 is 0 Å². The molecule has 0 spiro atoms. The fourth-order valence-electron chi connectivity index (χ4n) is 2.43. The van der Waals surface area contributed by atoms with Crippen molar-refractivity contribution in [2.45, 2.75) is 52.1 Å². The summed E-state index contributed by atoms with van der Waals surface area (Å²) < 4.78 is 0. The van der Waals surface area contributed by atoms with Crippen molar-refractivity contribution in [3.63, 3.8) is 0 Å². The summed E-state index contributed by atoms with van der Waals surface area (Å²) in [5.41, 5.74) is 7.03. The number of aromatic nitrogens is 1. The zero-order valence-electron chi connectivity index (χ0n) is 10.4. The van der Waals surface area contributed by atoms with Crippen LogP contribution in [0.1, 0.15) is 36.8 Å². The Bertz CT molecular complexity index is 342. The first kappa shape index (κ1) is 11.9. The van der Waals surface area contributed by atoms with E-state index in [0.717, 1.165) is 17.4 Å². The maximum Gasteiger partial charge on any atom is 0.186 e. The van der Waals surface area contributed by atoms with Crippen molar-refractivity contribution in [3.8, 4) is 0 Å². The van der Waals surface area contributed by atoms with Gasteiger partial charge in [0.2, 0.25) is 0 Å². The van der Waals surface area contributed by atoms with E-state index in [1.807, 2.05) is 0 Å². The molecule has 2 atom stereocenters. The molecule has 1 aromatic heterocycles. The minimum absolute atomic E-state index is 0.480. The van der Waals surface area contributed by atoms with Crippen LogP contribution in [-0.2, 0) is 0 Å². The van der Waals surface area contributed by atoms with Crippen LogP contribution in [0.15, 0.2) is 0 Å². The van der Waals surface area contributed by atoms with Crippen LogP contribution >= 0.6 is 11.3 Å². The molecule has 0 saturated carbocycles. The third kappa shape index (κ3) is 2.09. The monoisotopic (exact) mass is 239 g/mol. The minimum atomic E-state index is 0.480. The molecule has 0 aliphatic carbocycles. The van der Waals surface area contributed by atoms with Crippen molar-refractivity contribution >= 4 is 16.5 Å². The van der Waals surface area contributed by atoms with Crippen LogP contribution in [0.25, 0.3) is 0 Å². The summed E-state index contributed by atoms with van der Waals surface area (Å²) in [5, 5.41) is 1.16. The molecular formula is C12H21N3S. The summed E-state index contributed by atoms with van der Waals surface area (Å²) in [4.78, 5) is 8.43. The van der Waals surface area contributed by atoms with E-state index in [2.05, 4.69) is 30.7 Å². The maximum absolute atomic E-state index is 5.87. The lowest BCUT2D eigenvalue weighted by atomic mass is 9.97. The molecule has 1 aliphatic heterocycles. The Morgan fingerprint density at radius 3 is 2.75 bits per heavy atom. The Morgan fingerprint density at radius 2 is 2.19 bits per heavy atom. The highest BCUT2D eigenvalue weighted by molar-refractivity contribution is 7.15. The smallest absolute Gasteiger partial charge is 0.186 e. The number of rotatable bonds is 2. The fraction of sp³-hybridized carbons (Fsp3) is 0.750. The average Bonchev–Trinajstić information content (AvgIpc) is 2.58. The van der Waals surface area contributed by atoms with Crippen LogP contribution in [0, 0.1) is 13.8 Å². The summed E-state index contributed by atoms with van der Waals surface area (Å²) in [5.74, 6) is 0. The topological polar surface area (TPSA) is 42.2 Å². The lowest BCUT2D eigenvalue weighted by molar-refractivity contribution is 0.400. The van der Waals surface area contributed by atoms with Crippen LogP contribution in [0.5, 0.6) is 0 Å². The van der Waals surface area contributed by atoms with Crippen molar-refractivity contribution in [1.29, 1.82) is 0 Å². The number of piperidine rings is 1. The van der Waals surface area contributed by atoms with Crippen molar-refractivity contribution in [2.75, 3.05) is 11.4 Å². The van der Waals surface area contributed by atoms with Gasteiger partial charge in [0.15, 0.2) is 5.13 Å². The second kappa shape index (κ2) is 4.72. The fourth-order valence-corrected chi connectivity index (χ4v) is 3.51. The molecule has 1 aliphatic rings. The molecule has 0 radical (unpaired) electrons. The van der Waals surface area contributed by atoms with Crippen LogP contribution < -0.4 is 10.6 Å². The molecule has 4 heteroatoms. The first-order chi connectivity index (χ1) is 7.63. The molecule has 2 N–H and O–H groups in total. The van der Waals surface area contributed by atoms with Gasteiger partial charge in [-0.15, -0.1) is 11.3 Å². The molecule has 2 heterocycles. The van der Waals surface area contributed by atoms with Gasteiger partial charge in [0, 0.05) is 23.5 Å². The zero-order valence-corrected chi connectivity index (χ0v) is 11.2. The highest BCUT2D eigenvalue weighted by Gasteiger charge is 2.29. The van der Waals surface area contributed by atoms with Crippen LogP contribution in [0.2, 0.25) is 0 Å². The van der Waals surface area contributed by atoms with Gasteiger partial charge in [0.25, 0.3) is 0 Å². The van der Waals surface area contributed by atoms with Gasteiger partial charge in [0.1, 0.15) is 0 Å². The lowest BCUT2D eigenvalue weighted by Crippen LogP contribution is -2.49. The largest absolute Gasteiger partial charge is 0.341 e. The number of anilines is 1. The van der Waals surface area contributed by atoms with E-state index in [-0.39, 0.29) is 0 Å². The average molecular weight is 239 g/mol. The highest BCUT2D eigenvalue weighted by atomic mass is 32.1. The first-order valence-corrected chi connectivity index (χ1v) is 6.87. The number of hydrogen-bond donors (Lipinski definition) is 1. The van der Waals surface area contributed by atoms with Gasteiger partial charge in [-0.3, -0.25) is 0 Å². The van der Waals surface area contributed by atoms with Crippen molar-refractivity contribution in [1.82, 2.24) is 4.98 Å². The molecule has 0 amide bonds. The molecule has 0 bridgehead atoms. The Labute approximate surface area is 102 Å². The van der Waals surface area contributed by atoms with E-state index >= 15 is 0 Å². The van der Waals surface area contributed by atoms with Crippen LogP contribution in [0.3, 0.4) is 0 Å². The lowest BCUT2D eigenvalue weighted by Gasteiger charge is -2.40. The molecule has 1 saturated heterocycles. The van der Waals surface area contributed by atoms with Gasteiger partial charge in [-0.2, -0.15) is 0 Å². The summed E-state index contributed by atoms with van der Waals surface area (Å²) >= 11 is 1.80. The van der Waals surface area contributed by atoms with E-state index in [1.165, 1.54) is 24.1 Å². The summed E-state index contributed by atoms with van der Waals surface area (Å²) in [7, 11) is 0. The Kier molecular flexibility index (Phi) is 3.50. The minimum Gasteiger partial charge on any atom is -0.341 e. The van der Waals surface area contributed by atoms with Crippen LogP contribution in [-0.4, -0.2) is 23.6 Å². The maximum atomic E-state index is 5.87. The van der Waals surface area contributed by atoms with E-state index in [9.17, 15) is 0 Å². The number of nitrogens with zero attached hydrogens (tertiary/aromatic N) is 2. The summed E-state index contributed by atoms with van der Waals surface area (Å²) in [6.07, 6.45) is 3.76. The number of hydrogen-bond acceptors (Lipinski definition) is 4. The van der Waals surface area contributed by atoms with E-state index in [4.69, 9.17) is 5.73 Å². The second-order valence-corrected chi connectivity index (χ2v) is 5.90. The number of thiazole rings is 1. The van der Waals surface area contributed by atoms with Gasteiger partial charge >= 0.3 is 0 Å². The predicted molar refractivity (Wildman–Crippen MR) is 70.2 cm³/mol. The van der Waals surface area contributed by atoms with E-state index in [0.29, 0.717) is 12.1 Å². The normalized spacial score (nSPS) is 26.1. The third-order valence-electron chi connectivity index (χ3n) is 3.54. The Morgan fingerprint density at radius 1 is 1.44 bits per heavy atom. The second-order valence-electron chi connectivity index (χ2n) is 4.71. The van der Waals surface area contributed by atoms with E-state index in [1.54, 1.807) is 11.3 Å². The molecule has 1 fully saturated rings. The van der Waals surface area contributed by atoms with Crippen molar-refractivity contribution in [3.05, 3.63) is 10.6 Å². The zero-order chi connectivity index (χ0) is 11.7. The van der Waals surface area contributed by atoms with Gasteiger partial charge in [-0.1, -0.05) is 0 Å². The molecule has 90 valence electrons. The Balaban J connectivity index is 2.27. The summed E-state index contributed by atoms with van der Waals surface area (Å²) in [6.45, 7) is 7.25. The molecule has 2 rings (SSSR count). The molecule has 0 aromatic carbocycles. The molecule has 3 nitrogen and oxygen atoms in total. The van der Waals surface area contributed by atoms with E-state index < -0.39 is 0 Å². The van der Waals surface area contributed by atoms with Gasteiger partial charge in [0.05, 0.1) is 5.69 Å². The molecule has 1 aromatic rings. The summed E-state index contributed by atoms with van der Waals surface area (Å²) in [6, 6.07) is 1.06. The van der Waals surface area contributed by atoms with Crippen molar-refractivity contribution in [2.24, 2.45) is 5.73 Å². The Hall–Kier alpha value is -0.610.